The first-order valence-electron chi connectivity index (χ1n) is 8.14. The van der Waals surface area contributed by atoms with Gasteiger partial charge in [-0.2, -0.15) is 0 Å². The lowest BCUT2D eigenvalue weighted by Gasteiger charge is -2.28. The van der Waals surface area contributed by atoms with Gasteiger partial charge in [0.25, 0.3) is 0 Å². The minimum absolute atomic E-state index is 0.223. The number of hydrogen-bond acceptors (Lipinski definition) is 5. The van der Waals surface area contributed by atoms with Crippen molar-refractivity contribution in [1.29, 1.82) is 0 Å². The van der Waals surface area contributed by atoms with Crippen LogP contribution < -0.4 is 5.32 Å². The lowest BCUT2D eigenvalue weighted by Crippen LogP contribution is -2.53. The van der Waals surface area contributed by atoms with E-state index in [2.05, 4.69) is 5.32 Å². The van der Waals surface area contributed by atoms with Gasteiger partial charge in [0.2, 0.25) is 11.8 Å². The molecule has 6 nitrogen and oxygen atoms in total. The minimum Gasteiger partial charge on any atom is -0.465 e. The Morgan fingerprint density at radius 2 is 1.88 bits per heavy atom. The van der Waals surface area contributed by atoms with Crippen molar-refractivity contribution in [3.63, 3.8) is 0 Å². The average molecular weight is 330 g/mol. The Kier molecular flexibility index (Phi) is 3.95. The van der Waals surface area contributed by atoms with Crippen LogP contribution in [0.1, 0.15) is 31.0 Å². The van der Waals surface area contributed by atoms with Crippen LogP contribution >= 0.6 is 0 Å². The summed E-state index contributed by atoms with van der Waals surface area (Å²) in [5.41, 5.74) is 0.778. The van der Waals surface area contributed by atoms with Gasteiger partial charge in [-0.3, -0.25) is 24.6 Å². The van der Waals surface area contributed by atoms with Crippen LogP contribution in [0.15, 0.2) is 24.3 Å². The number of esters is 1. The Bertz CT molecular complexity index is 699. The van der Waals surface area contributed by atoms with Crippen molar-refractivity contribution >= 4 is 17.8 Å². The molecule has 0 bridgehead atoms. The maximum absolute atomic E-state index is 12.6. The zero-order chi connectivity index (χ0) is 17.6. The molecule has 0 radical (unpaired) electrons. The van der Waals surface area contributed by atoms with Gasteiger partial charge in [-0.1, -0.05) is 29.8 Å². The maximum atomic E-state index is 12.6. The highest BCUT2D eigenvalue weighted by atomic mass is 16.5. The van der Waals surface area contributed by atoms with Crippen LogP contribution in [0.25, 0.3) is 0 Å². The Balaban J connectivity index is 2.06. The summed E-state index contributed by atoms with van der Waals surface area (Å²) in [7, 11) is 1.47. The maximum Gasteiger partial charge on any atom is 0.326 e. The van der Waals surface area contributed by atoms with Gasteiger partial charge in [-0.25, -0.2) is 0 Å². The Morgan fingerprint density at radius 3 is 2.46 bits per heavy atom. The normalized spacial score (nSPS) is 32.2. The second kappa shape index (κ2) is 5.70. The van der Waals surface area contributed by atoms with Crippen LogP contribution in [0, 0.1) is 18.8 Å². The molecule has 2 heterocycles. The highest BCUT2D eigenvalue weighted by molar-refractivity contribution is 6.09. The molecular formula is C18H22N2O4. The fraction of sp³-hybridized carbons (Fsp3) is 0.500. The Morgan fingerprint density at radius 1 is 1.25 bits per heavy atom. The molecule has 2 fully saturated rings. The smallest absolute Gasteiger partial charge is 0.326 e. The van der Waals surface area contributed by atoms with Crippen molar-refractivity contribution in [2.24, 2.45) is 11.8 Å². The highest BCUT2D eigenvalue weighted by Crippen LogP contribution is 2.48. The van der Waals surface area contributed by atoms with Gasteiger partial charge in [0, 0.05) is 13.1 Å². The lowest BCUT2D eigenvalue weighted by molar-refractivity contribution is -0.155. The number of benzene rings is 1. The molecule has 6 heteroatoms. The zero-order valence-corrected chi connectivity index (χ0v) is 14.3. The molecule has 2 saturated heterocycles. The number of ether oxygens (including phenoxy) is 1. The van der Waals surface area contributed by atoms with Crippen LogP contribution in [-0.4, -0.2) is 41.9 Å². The van der Waals surface area contributed by atoms with Crippen molar-refractivity contribution in [1.82, 2.24) is 10.2 Å². The zero-order valence-electron chi connectivity index (χ0n) is 14.3. The fourth-order valence-electron chi connectivity index (χ4n) is 3.81. The van der Waals surface area contributed by atoms with E-state index in [0.717, 1.165) is 16.0 Å². The SMILES string of the molecule is CCOC(=O)[C@]1(C)N[C@H](c2ccc(C)cc2)[C@@H]2C(=O)N(C)C(=O)[C@@H]21. The molecule has 4 atom stereocenters. The van der Waals surface area contributed by atoms with Gasteiger partial charge in [0.15, 0.2) is 0 Å². The van der Waals surface area contributed by atoms with E-state index in [1.165, 1.54) is 7.05 Å². The molecule has 1 N–H and O–H groups in total. The molecule has 2 amide bonds. The van der Waals surface area contributed by atoms with Crippen LogP contribution in [0.5, 0.6) is 0 Å². The van der Waals surface area contributed by atoms with Gasteiger partial charge in [-0.15, -0.1) is 0 Å². The van der Waals surface area contributed by atoms with E-state index in [0.29, 0.717) is 0 Å². The number of aryl methyl sites for hydroxylation is 1. The van der Waals surface area contributed by atoms with Gasteiger partial charge in [0.05, 0.1) is 18.4 Å². The first kappa shape index (κ1) is 16.6. The number of rotatable bonds is 3. The standard InChI is InChI=1S/C18H22N2O4/c1-5-24-17(23)18(3)13-12(15(21)20(4)16(13)22)14(19-18)11-8-6-10(2)7-9-11/h6-9,12-14,19H,5H2,1-4H3/t12-,13-,14-,18-/m1/s1. The van der Waals surface area contributed by atoms with Gasteiger partial charge < -0.3 is 4.74 Å². The summed E-state index contributed by atoms with van der Waals surface area (Å²) in [5.74, 6) is -2.43. The molecule has 1 aromatic rings. The predicted molar refractivity (Wildman–Crippen MR) is 86.9 cm³/mol. The summed E-state index contributed by atoms with van der Waals surface area (Å²) in [6, 6.07) is 7.37. The third-order valence-corrected chi connectivity index (χ3v) is 5.14. The van der Waals surface area contributed by atoms with Gasteiger partial charge in [-0.05, 0) is 26.3 Å². The number of nitrogens with one attached hydrogen (secondary N) is 1. The van der Waals surface area contributed by atoms with Crippen LogP contribution in [-0.2, 0) is 19.1 Å². The number of amides is 2. The second-order valence-electron chi connectivity index (χ2n) is 6.69. The van der Waals surface area contributed by atoms with Crippen molar-refractivity contribution in [2.45, 2.75) is 32.4 Å². The molecule has 0 spiro atoms. The number of nitrogens with zero attached hydrogens (tertiary/aromatic N) is 1. The minimum atomic E-state index is -1.21. The third-order valence-electron chi connectivity index (χ3n) is 5.14. The van der Waals surface area contributed by atoms with Gasteiger partial charge in [0.1, 0.15) is 5.54 Å². The van der Waals surface area contributed by atoms with E-state index < -0.39 is 29.4 Å². The fourth-order valence-corrected chi connectivity index (χ4v) is 3.81. The summed E-state index contributed by atoms with van der Waals surface area (Å²) in [6.07, 6.45) is 0. The number of imide groups is 1. The van der Waals surface area contributed by atoms with E-state index in [-0.39, 0.29) is 18.4 Å². The average Bonchev–Trinajstić information content (AvgIpc) is 2.99. The predicted octanol–water partition coefficient (Wildman–Crippen LogP) is 1.19. The van der Waals surface area contributed by atoms with E-state index >= 15 is 0 Å². The van der Waals surface area contributed by atoms with Crippen molar-refractivity contribution in [3.8, 4) is 0 Å². The van der Waals surface area contributed by atoms with E-state index in [1.54, 1.807) is 13.8 Å². The molecular weight excluding hydrogens is 308 g/mol. The molecule has 2 aliphatic rings. The Labute approximate surface area is 141 Å². The third kappa shape index (κ3) is 2.24. The van der Waals surface area contributed by atoms with E-state index in [1.807, 2.05) is 31.2 Å². The molecule has 0 aliphatic carbocycles. The largest absolute Gasteiger partial charge is 0.465 e. The number of carbonyl (C=O) groups excluding carboxylic acids is 3. The second-order valence-corrected chi connectivity index (χ2v) is 6.69. The number of fused-ring (bicyclic) bond motifs is 1. The van der Waals surface area contributed by atoms with E-state index in [9.17, 15) is 14.4 Å². The quantitative estimate of drug-likeness (QED) is 0.665. The van der Waals surface area contributed by atoms with E-state index in [4.69, 9.17) is 4.74 Å². The molecule has 0 aromatic heterocycles. The number of hydrogen-bond donors (Lipinski definition) is 1. The molecule has 2 aliphatic heterocycles. The number of likely N-dealkylation sites (tertiary alicyclic amines) is 1. The molecule has 0 saturated carbocycles. The first-order chi connectivity index (χ1) is 11.3. The highest BCUT2D eigenvalue weighted by Gasteiger charge is 2.66. The van der Waals surface area contributed by atoms with Crippen molar-refractivity contribution in [2.75, 3.05) is 13.7 Å². The summed E-state index contributed by atoms with van der Waals surface area (Å²) in [5, 5.41) is 3.23. The number of carbonyl (C=O) groups is 3. The first-order valence-corrected chi connectivity index (χ1v) is 8.14. The van der Waals surface area contributed by atoms with Crippen molar-refractivity contribution < 1.29 is 19.1 Å². The summed E-state index contributed by atoms with van der Waals surface area (Å²) < 4.78 is 5.18. The summed E-state index contributed by atoms with van der Waals surface area (Å²) >= 11 is 0. The lowest BCUT2D eigenvalue weighted by atomic mass is 9.80. The molecule has 24 heavy (non-hydrogen) atoms. The molecule has 3 rings (SSSR count). The van der Waals surface area contributed by atoms with Crippen LogP contribution in [0.4, 0.5) is 0 Å². The Hall–Kier alpha value is -2.21. The topological polar surface area (TPSA) is 75.7 Å². The van der Waals surface area contributed by atoms with Crippen LogP contribution in [0.2, 0.25) is 0 Å². The van der Waals surface area contributed by atoms with Crippen molar-refractivity contribution in [3.05, 3.63) is 35.4 Å². The van der Waals surface area contributed by atoms with Crippen LogP contribution in [0.3, 0.4) is 0 Å². The van der Waals surface area contributed by atoms with Gasteiger partial charge >= 0.3 is 5.97 Å². The monoisotopic (exact) mass is 330 g/mol. The molecule has 1 aromatic carbocycles. The summed E-state index contributed by atoms with van der Waals surface area (Å²) in [4.78, 5) is 38.9. The summed E-state index contributed by atoms with van der Waals surface area (Å²) in [6.45, 7) is 5.58. The molecule has 128 valence electrons. The molecule has 0 unspecified atom stereocenters.